The Bertz CT molecular complexity index is 754. The van der Waals surface area contributed by atoms with Crippen LogP contribution in [-0.4, -0.2) is 25.8 Å². The lowest BCUT2D eigenvalue weighted by molar-refractivity contribution is -0.123. The van der Waals surface area contributed by atoms with Crippen molar-refractivity contribution in [1.29, 1.82) is 0 Å². The van der Waals surface area contributed by atoms with Crippen LogP contribution in [0.2, 0.25) is 0 Å². The second kappa shape index (κ2) is 8.87. The molecule has 2 rings (SSSR count). The number of benzene rings is 2. The first kappa shape index (κ1) is 18.5. The molecule has 0 atom stereocenters. The molecule has 2 aromatic carbocycles. The Kier molecular flexibility index (Phi) is 6.57. The highest BCUT2D eigenvalue weighted by Gasteiger charge is 2.10. The molecule has 1 N–H and O–H groups in total. The van der Waals surface area contributed by atoms with Crippen molar-refractivity contribution in [2.45, 2.75) is 26.7 Å². The van der Waals surface area contributed by atoms with Gasteiger partial charge in [-0.15, -0.1) is 0 Å². The van der Waals surface area contributed by atoms with Gasteiger partial charge in [0.2, 0.25) is 0 Å². The summed E-state index contributed by atoms with van der Waals surface area (Å²) in [5.41, 5.74) is 5.48. The van der Waals surface area contributed by atoms with Gasteiger partial charge in [-0.25, -0.2) is 5.43 Å². The van der Waals surface area contributed by atoms with E-state index in [4.69, 9.17) is 9.47 Å². The lowest BCUT2D eigenvalue weighted by Crippen LogP contribution is -2.25. The highest BCUT2D eigenvalue weighted by atomic mass is 16.5. The molecule has 132 valence electrons. The maximum atomic E-state index is 11.9. The minimum atomic E-state index is -0.310. The van der Waals surface area contributed by atoms with Crippen molar-refractivity contribution in [2.24, 2.45) is 5.10 Å². The van der Waals surface area contributed by atoms with E-state index in [0.717, 1.165) is 28.2 Å². The van der Waals surface area contributed by atoms with E-state index in [0.29, 0.717) is 5.92 Å². The third kappa shape index (κ3) is 5.64. The van der Waals surface area contributed by atoms with Crippen LogP contribution < -0.4 is 14.9 Å². The Morgan fingerprint density at radius 1 is 1.24 bits per heavy atom. The summed E-state index contributed by atoms with van der Waals surface area (Å²) < 4.78 is 10.8. The molecule has 0 fully saturated rings. The van der Waals surface area contributed by atoms with E-state index in [1.807, 2.05) is 49.4 Å². The first-order valence-electron chi connectivity index (χ1n) is 8.19. The minimum Gasteiger partial charge on any atom is -0.497 e. The first-order valence-corrected chi connectivity index (χ1v) is 8.19. The molecule has 0 aromatic heterocycles. The molecule has 0 aliphatic carbocycles. The fourth-order valence-corrected chi connectivity index (χ4v) is 2.32. The van der Waals surface area contributed by atoms with Crippen LogP contribution >= 0.6 is 0 Å². The third-order valence-corrected chi connectivity index (χ3v) is 3.65. The SMILES string of the molecule is COc1cccc(/C=N\NC(=O)COc2cc(C)ccc2C(C)C)c1. The molecule has 1 amide bonds. The molecule has 0 spiro atoms. The number of ether oxygens (including phenoxy) is 2. The van der Waals surface area contributed by atoms with E-state index in [2.05, 4.69) is 24.4 Å². The Morgan fingerprint density at radius 3 is 2.76 bits per heavy atom. The summed E-state index contributed by atoms with van der Waals surface area (Å²) in [6, 6.07) is 13.4. The van der Waals surface area contributed by atoms with Gasteiger partial charge in [-0.3, -0.25) is 4.79 Å². The van der Waals surface area contributed by atoms with Gasteiger partial charge in [-0.2, -0.15) is 5.10 Å². The third-order valence-electron chi connectivity index (χ3n) is 3.65. The molecule has 0 aliphatic heterocycles. The Hall–Kier alpha value is -2.82. The molecule has 0 radical (unpaired) electrons. The van der Waals surface area contributed by atoms with Crippen LogP contribution in [0.5, 0.6) is 11.5 Å². The lowest BCUT2D eigenvalue weighted by Gasteiger charge is -2.14. The van der Waals surface area contributed by atoms with Crippen LogP contribution in [0.15, 0.2) is 47.6 Å². The lowest BCUT2D eigenvalue weighted by atomic mass is 10.0. The molecular weight excluding hydrogens is 316 g/mol. The smallest absolute Gasteiger partial charge is 0.277 e. The van der Waals surface area contributed by atoms with E-state index >= 15 is 0 Å². The summed E-state index contributed by atoms with van der Waals surface area (Å²) in [5.74, 6) is 1.49. The summed E-state index contributed by atoms with van der Waals surface area (Å²) in [5, 5.41) is 3.94. The van der Waals surface area contributed by atoms with Gasteiger partial charge in [0.25, 0.3) is 5.91 Å². The highest BCUT2D eigenvalue weighted by molar-refractivity contribution is 5.83. The van der Waals surface area contributed by atoms with Gasteiger partial charge in [-0.05, 0) is 47.7 Å². The monoisotopic (exact) mass is 340 g/mol. The van der Waals surface area contributed by atoms with Crippen LogP contribution in [-0.2, 0) is 4.79 Å². The average Bonchev–Trinajstić information content (AvgIpc) is 2.60. The number of rotatable bonds is 7. The van der Waals surface area contributed by atoms with Gasteiger partial charge in [-0.1, -0.05) is 38.1 Å². The molecule has 0 saturated carbocycles. The average molecular weight is 340 g/mol. The summed E-state index contributed by atoms with van der Waals surface area (Å²) in [6.45, 7) is 6.10. The number of nitrogens with zero attached hydrogens (tertiary/aromatic N) is 1. The van der Waals surface area contributed by atoms with Crippen molar-refractivity contribution in [3.8, 4) is 11.5 Å². The van der Waals surface area contributed by atoms with Crippen LogP contribution in [0.4, 0.5) is 0 Å². The summed E-state index contributed by atoms with van der Waals surface area (Å²) in [6.07, 6.45) is 1.56. The molecule has 25 heavy (non-hydrogen) atoms. The molecule has 0 unspecified atom stereocenters. The van der Waals surface area contributed by atoms with Gasteiger partial charge >= 0.3 is 0 Å². The van der Waals surface area contributed by atoms with Crippen LogP contribution in [0.1, 0.15) is 36.5 Å². The van der Waals surface area contributed by atoms with Crippen LogP contribution in [0.3, 0.4) is 0 Å². The maximum Gasteiger partial charge on any atom is 0.277 e. The predicted octanol–water partition coefficient (Wildman–Crippen LogP) is 3.66. The number of carbonyl (C=O) groups is 1. The zero-order chi connectivity index (χ0) is 18.2. The number of aryl methyl sites for hydroxylation is 1. The maximum absolute atomic E-state index is 11.9. The normalized spacial score (nSPS) is 10.9. The van der Waals surface area contributed by atoms with Crippen molar-refractivity contribution in [2.75, 3.05) is 13.7 Å². The van der Waals surface area contributed by atoms with E-state index in [9.17, 15) is 4.79 Å². The van der Waals surface area contributed by atoms with Gasteiger partial charge in [0.1, 0.15) is 11.5 Å². The van der Waals surface area contributed by atoms with Gasteiger partial charge < -0.3 is 9.47 Å². The van der Waals surface area contributed by atoms with E-state index in [-0.39, 0.29) is 12.5 Å². The number of hydrogen-bond donors (Lipinski definition) is 1. The Labute approximate surface area is 148 Å². The number of carbonyl (C=O) groups excluding carboxylic acids is 1. The predicted molar refractivity (Wildman–Crippen MR) is 99.5 cm³/mol. The van der Waals surface area contributed by atoms with Crippen molar-refractivity contribution < 1.29 is 14.3 Å². The quantitative estimate of drug-likeness (QED) is 0.618. The van der Waals surface area contributed by atoms with E-state index in [1.165, 1.54) is 0 Å². The largest absolute Gasteiger partial charge is 0.497 e. The summed E-state index contributed by atoms with van der Waals surface area (Å²) in [4.78, 5) is 11.9. The first-order chi connectivity index (χ1) is 12.0. The van der Waals surface area contributed by atoms with E-state index in [1.54, 1.807) is 13.3 Å². The molecule has 0 aliphatic rings. The molecule has 2 aromatic rings. The number of nitrogens with one attached hydrogen (secondary N) is 1. The van der Waals surface area contributed by atoms with Crippen molar-refractivity contribution in [1.82, 2.24) is 5.43 Å². The van der Waals surface area contributed by atoms with Crippen LogP contribution in [0, 0.1) is 6.92 Å². The highest BCUT2D eigenvalue weighted by Crippen LogP contribution is 2.27. The van der Waals surface area contributed by atoms with Crippen molar-refractivity contribution in [3.05, 3.63) is 59.2 Å². The zero-order valence-corrected chi connectivity index (χ0v) is 15.1. The van der Waals surface area contributed by atoms with Gasteiger partial charge in [0.05, 0.1) is 13.3 Å². The molecule has 0 bridgehead atoms. The number of hydrogen-bond acceptors (Lipinski definition) is 4. The molecule has 5 nitrogen and oxygen atoms in total. The fraction of sp³-hybridized carbons (Fsp3) is 0.300. The summed E-state index contributed by atoms with van der Waals surface area (Å²) in [7, 11) is 1.60. The molecule has 0 heterocycles. The fourth-order valence-electron chi connectivity index (χ4n) is 2.32. The molecule has 5 heteroatoms. The van der Waals surface area contributed by atoms with Crippen molar-refractivity contribution in [3.63, 3.8) is 0 Å². The van der Waals surface area contributed by atoms with Crippen molar-refractivity contribution >= 4 is 12.1 Å². The molecule has 0 saturated heterocycles. The number of methoxy groups -OCH3 is 1. The topological polar surface area (TPSA) is 59.9 Å². The Morgan fingerprint density at radius 2 is 2.04 bits per heavy atom. The molecular formula is C20H24N2O3. The van der Waals surface area contributed by atoms with E-state index < -0.39 is 0 Å². The second-order valence-electron chi connectivity index (χ2n) is 6.05. The number of amides is 1. The second-order valence-corrected chi connectivity index (χ2v) is 6.05. The van der Waals surface area contributed by atoms with Crippen LogP contribution in [0.25, 0.3) is 0 Å². The number of hydrazone groups is 1. The summed E-state index contributed by atoms with van der Waals surface area (Å²) >= 11 is 0. The van der Waals surface area contributed by atoms with Gasteiger partial charge in [0, 0.05) is 0 Å². The zero-order valence-electron chi connectivity index (χ0n) is 15.1. The standard InChI is InChI=1S/C20H24N2O3/c1-14(2)18-9-8-15(3)10-19(18)25-13-20(23)22-21-12-16-6-5-7-17(11-16)24-4/h5-12,14H,13H2,1-4H3,(H,22,23)/b21-12-. The Balaban J connectivity index is 1.91. The van der Waals surface area contributed by atoms with Gasteiger partial charge in [0.15, 0.2) is 6.61 Å². The minimum absolute atomic E-state index is 0.0847.